The molecule has 1 aromatic carbocycles. The number of aromatic nitrogens is 2. The summed E-state index contributed by atoms with van der Waals surface area (Å²) in [6.07, 6.45) is 5.85. The van der Waals surface area contributed by atoms with Crippen molar-refractivity contribution in [1.82, 2.24) is 20.2 Å². The van der Waals surface area contributed by atoms with E-state index in [9.17, 15) is 14.4 Å². The summed E-state index contributed by atoms with van der Waals surface area (Å²) in [5, 5.41) is 8.05. The number of nitrogens with zero attached hydrogens (tertiary/aromatic N) is 2. The van der Waals surface area contributed by atoms with E-state index in [1.54, 1.807) is 0 Å². The summed E-state index contributed by atoms with van der Waals surface area (Å²) in [4.78, 5) is 40.7. The second-order valence-corrected chi connectivity index (χ2v) is 8.52. The van der Waals surface area contributed by atoms with Gasteiger partial charge in [0, 0.05) is 36.5 Å². The molecule has 0 unspecified atom stereocenters. The Balaban J connectivity index is 1.37. The van der Waals surface area contributed by atoms with Crippen molar-refractivity contribution in [3.05, 3.63) is 48.0 Å². The van der Waals surface area contributed by atoms with Gasteiger partial charge < -0.3 is 15.2 Å². The zero-order valence-corrected chi connectivity index (χ0v) is 17.3. The third-order valence-corrected chi connectivity index (χ3v) is 6.04. The molecule has 8 nitrogen and oxygen atoms in total. The number of carbonyl (C=O) groups excluding carboxylic acids is 3. The number of anilines is 1. The van der Waals surface area contributed by atoms with E-state index in [0.29, 0.717) is 38.1 Å². The number of imidazole rings is 1. The minimum Gasteiger partial charge on any atom is -0.330 e. The highest BCUT2D eigenvalue weighted by Crippen LogP contribution is 2.34. The van der Waals surface area contributed by atoms with Crippen molar-refractivity contribution in [3.8, 4) is 0 Å². The van der Waals surface area contributed by atoms with Gasteiger partial charge in [0.05, 0.1) is 0 Å². The monoisotopic (exact) mass is 409 g/mol. The van der Waals surface area contributed by atoms with Crippen molar-refractivity contribution >= 4 is 23.5 Å². The molecule has 8 heteroatoms. The van der Waals surface area contributed by atoms with E-state index < -0.39 is 11.6 Å². The minimum absolute atomic E-state index is 0.0442. The number of amides is 4. The van der Waals surface area contributed by atoms with Crippen LogP contribution >= 0.6 is 0 Å². The molecule has 0 atom stereocenters. The number of hydrogen-bond donors (Lipinski definition) is 3. The quantitative estimate of drug-likeness (QED) is 0.660. The van der Waals surface area contributed by atoms with E-state index in [1.165, 1.54) is 0 Å². The van der Waals surface area contributed by atoms with Gasteiger partial charge >= 0.3 is 6.03 Å². The third kappa shape index (κ3) is 3.94. The number of benzene rings is 1. The lowest BCUT2D eigenvalue weighted by Crippen LogP contribution is -2.50. The number of nitrogens with one attached hydrogen (secondary N) is 3. The Morgan fingerprint density at radius 2 is 2.07 bits per heavy atom. The number of carbonyl (C=O) groups is 3. The predicted molar refractivity (Wildman–Crippen MR) is 112 cm³/mol. The van der Waals surface area contributed by atoms with Crippen LogP contribution in [-0.2, 0) is 16.1 Å². The highest BCUT2D eigenvalue weighted by atomic mass is 16.2. The van der Waals surface area contributed by atoms with Crippen molar-refractivity contribution in [2.75, 3.05) is 5.32 Å². The van der Waals surface area contributed by atoms with Crippen LogP contribution in [0.4, 0.5) is 10.5 Å². The lowest BCUT2D eigenvalue weighted by Gasteiger charge is -2.33. The Hall–Kier alpha value is -3.16. The molecule has 3 N–H and O–H groups in total. The van der Waals surface area contributed by atoms with Gasteiger partial charge in [-0.05, 0) is 43.4 Å². The zero-order chi connectivity index (χ0) is 21.3. The van der Waals surface area contributed by atoms with E-state index in [2.05, 4.69) is 39.3 Å². The van der Waals surface area contributed by atoms with Crippen LogP contribution in [0.25, 0.3) is 0 Å². The number of imide groups is 1. The molecule has 2 aliphatic rings. The molecule has 4 amide bonds. The fraction of sp³-hybridized carbons (Fsp3) is 0.455. The van der Waals surface area contributed by atoms with Crippen molar-refractivity contribution < 1.29 is 14.4 Å². The summed E-state index contributed by atoms with van der Waals surface area (Å²) >= 11 is 0. The maximum atomic E-state index is 12.8. The fourth-order valence-electron chi connectivity index (χ4n) is 4.40. The lowest BCUT2D eigenvalue weighted by atomic mass is 9.76. The molecule has 30 heavy (non-hydrogen) atoms. The van der Waals surface area contributed by atoms with Crippen LogP contribution in [0.5, 0.6) is 0 Å². The van der Waals surface area contributed by atoms with E-state index in [-0.39, 0.29) is 17.7 Å². The van der Waals surface area contributed by atoms with Gasteiger partial charge in [0.2, 0.25) is 5.91 Å². The van der Waals surface area contributed by atoms with Gasteiger partial charge in [0.25, 0.3) is 5.91 Å². The Morgan fingerprint density at radius 1 is 1.30 bits per heavy atom. The number of urea groups is 1. The molecule has 1 saturated heterocycles. The maximum Gasteiger partial charge on any atom is 0.322 e. The van der Waals surface area contributed by atoms with Gasteiger partial charge in [-0.2, -0.15) is 0 Å². The van der Waals surface area contributed by atoms with Gasteiger partial charge in [-0.15, -0.1) is 0 Å². The number of rotatable bonds is 5. The summed E-state index contributed by atoms with van der Waals surface area (Å²) < 4.78 is 2.12. The van der Waals surface area contributed by atoms with Gasteiger partial charge in [0.15, 0.2) is 0 Å². The average molecular weight is 409 g/mol. The molecule has 1 spiro atoms. The summed E-state index contributed by atoms with van der Waals surface area (Å²) in [5.74, 6) is 0.871. The van der Waals surface area contributed by atoms with Gasteiger partial charge in [-0.25, -0.2) is 9.78 Å². The Kier molecular flexibility index (Phi) is 5.32. The summed E-state index contributed by atoms with van der Waals surface area (Å²) in [6.45, 7) is 4.92. The van der Waals surface area contributed by atoms with E-state index in [1.807, 2.05) is 36.7 Å². The first-order chi connectivity index (χ1) is 14.4. The zero-order valence-electron chi connectivity index (χ0n) is 17.3. The summed E-state index contributed by atoms with van der Waals surface area (Å²) in [5.41, 5.74) is 1.00. The van der Waals surface area contributed by atoms with E-state index in [4.69, 9.17) is 0 Å². The molecule has 1 aliphatic carbocycles. The van der Waals surface area contributed by atoms with Crippen molar-refractivity contribution in [1.29, 1.82) is 0 Å². The van der Waals surface area contributed by atoms with Crippen LogP contribution in [0, 0.1) is 5.92 Å². The van der Waals surface area contributed by atoms with E-state index in [0.717, 1.165) is 17.1 Å². The SMILES string of the molecule is CC(C)c1nccn1Cc1cccc(NC(=O)C2CCC3(CC2)NC(=O)NC3=O)c1. The molecular formula is C22H27N5O3. The normalized spacial score (nSPS) is 23.5. The predicted octanol–water partition coefficient (Wildman–Crippen LogP) is 2.76. The topological polar surface area (TPSA) is 105 Å². The Labute approximate surface area is 175 Å². The smallest absolute Gasteiger partial charge is 0.322 e. The van der Waals surface area contributed by atoms with Crippen LogP contribution in [0.2, 0.25) is 0 Å². The molecule has 1 aliphatic heterocycles. The van der Waals surface area contributed by atoms with Crippen LogP contribution in [0.1, 0.15) is 56.8 Å². The van der Waals surface area contributed by atoms with Gasteiger partial charge in [-0.1, -0.05) is 26.0 Å². The minimum atomic E-state index is -0.841. The second-order valence-electron chi connectivity index (χ2n) is 8.52. The standard InChI is InChI=1S/C22H27N5O3/c1-14(2)18-23-10-11-27(18)13-15-4-3-5-17(12-15)24-19(28)16-6-8-22(9-7-16)20(29)25-21(30)26-22/h3-5,10-12,14,16H,6-9,13H2,1-2H3,(H,24,28)(H2,25,26,29,30). The molecule has 4 rings (SSSR count). The van der Waals surface area contributed by atoms with E-state index >= 15 is 0 Å². The van der Waals surface area contributed by atoms with Gasteiger partial charge in [-0.3, -0.25) is 14.9 Å². The van der Waals surface area contributed by atoms with Crippen LogP contribution in [0.15, 0.2) is 36.7 Å². The van der Waals surface area contributed by atoms with Gasteiger partial charge in [0.1, 0.15) is 11.4 Å². The first-order valence-electron chi connectivity index (χ1n) is 10.4. The second kappa shape index (κ2) is 7.93. The largest absolute Gasteiger partial charge is 0.330 e. The molecule has 2 fully saturated rings. The Morgan fingerprint density at radius 3 is 2.73 bits per heavy atom. The third-order valence-electron chi connectivity index (χ3n) is 6.04. The van der Waals surface area contributed by atoms with Crippen LogP contribution in [0.3, 0.4) is 0 Å². The summed E-state index contributed by atoms with van der Waals surface area (Å²) in [6, 6.07) is 7.39. The number of hydrogen-bond acceptors (Lipinski definition) is 4. The maximum absolute atomic E-state index is 12.8. The molecule has 0 bridgehead atoms. The molecule has 158 valence electrons. The highest BCUT2D eigenvalue weighted by molar-refractivity contribution is 6.07. The lowest BCUT2D eigenvalue weighted by molar-refractivity contribution is -0.128. The molecule has 1 aromatic heterocycles. The molecular weight excluding hydrogens is 382 g/mol. The van der Waals surface area contributed by atoms with Crippen LogP contribution in [-0.4, -0.2) is 32.9 Å². The first-order valence-corrected chi connectivity index (χ1v) is 10.4. The highest BCUT2D eigenvalue weighted by Gasteiger charge is 2.48. The fourth-order valence-corrected chi connectivity index (χ4v) is 4.40. The molecule has 0 radical (unpaired) electrons. The van der Waals surface area contributed by atoms with Crippen molar-refractivity contribution in [2.45, 2.75) is 57.5 Å². The Bertz CT molecular complexity index is 973. The molecule has 2 aromatic rings. The van der Waals surface area contributed by atoms with Crippen LogP contribution < -0.4 is 16.0 Å². The average Bonchev–Trinajstić information content (AvgIpc) is 3.27. The molecule has 2 heterocycles. The van der Waals surface area contributed by atoms with Crippen molar-refractivity contribution in [2.24, 2.45) is 5.92 Å². The molecule has 1 saturated carbocycles. The summed E-state index contributed by atoms with van der Waals surface area (Å²) in [7, 11) is 0. The van der Waals surface area contributed by atoms with Crippen molar-refractivity contribution in [3.63, 3.8) is 0 Å². The first kappa shape index (κ1) is 20.1.